The molecule has 0 saturated carbocycles. The molecule has 0 bridgehead atoms. The van der Waals surface area contributed by atoms with Crippen LogP contribution in [0.3, 0.4) is 0 Å². The lowest BCUT2D eigenvalue weighted by atomic mass is 9.85. The molecule has 0 aromatic carbocycles. The molecule has 1 aliphatic rings. The minimum atomic E-state index is -0.662. The summed E-state index contributed by atoms with van der Waals surface area (Å²) >= 11 is 0. The molecule has 0 amide bonds. The quantitative estimate of drug-likeness (QED) is 0.805. The lowest BCUT2D eigenvalue weighted by molar-refractivity contribution is -0.140. The van der Waals surface area contributed by atoms with E-state index in [-0.39, 0.29) is 12.0 Å². The Labute approximate surface area is 117 Å². The maximum absolute atomic E-state index is 11.3. The number of carbonyl (C=O) groups is 1. The van der Waals surface area contributed by atoms with E-state index < -0.39 is 5.97 Å². The molecule has 19 heavy (non-hydrogen) atoms. The van der Waals surface area contributed by atoms with Crippen molar-refractivity contribution in [1.29, 1.82) is 0 Å². The molecule has 1 atom stereocenters. The first-order chi connectivity index (χ1) is 8.95. The van der Waals surface area contributed by atoms with Crippen LogP contribution in [0.5, 0.6) is 0 Å². The normalized spacial score (nSPS) is 25.8. The number of nitrogens with zero attached hydrogens (tertiary/aromatic N) is 2. The van der Waals surface area contributed by atoms with Gasteiger partial charge in [-0.05, 0) is 52.7 Å². The summed E-state index contributed by atoms with van der Waals surface area (Å²) in [6, 6.07) is 0.553. The Morgan fingerprint density at radius 2 is 1.89 bits per heavy atom. The van der Waals surface area contributed by atoms with Gasteiger partial charge in [-0.25, -0.2) is 0 Å². The number of likely N-dealkylation sites (tertiary alicyclic amines) is 1. The van der Waals surface area contributed by atoms with Gasteiger partial charge in [0.15, 0.2) is 0 Å². The van der Waals surface area contributed by atoms with E-state index in [9.17, 15) is 9.90 Å². The number of rotatable bonds is 6. The van der Waals surface area contributed by atoms with Gasteiger partial charge in [-0.2, -0.15) is 0 Å². The molecule has 1 rings (SSSR count). The molecule has 0 spiro atoms. The van der Waals surface area contributed by atoms with Gasteiger partial charge >= 0.3 is 5.97 Å². The minimum absolute atomic E-state index is 0.140. The van der Waals surface area contributed by atoms with Crippen LogP contribution in [0.2, 0.25) is 0 Å². The van der Waals surface area contributed by atoms with Crippen LogP contribution in [-0.2, 0) is 4.79 Å². The van der Waals surface area contributed by atoms with Gasteiger partial charge in [0, 0.05) is 18.1 Å². The van der Waals surface area contributed by atoms with Crippen LogP contribution < -0.4 is 0 Å². The molecule has 1 aliphatic heterocycles. The molecule has 1 unspecified atom stereocenters. The van der Waals surface area contributed by atoms with Crippen molar-refractivity contribution >= 4 is 5.97 Å². The highest BCUT2D eigenvalue weighted by Gasteiger charge is 2.39. The second kappa shape index (κ2) is 7.25. The first kappa shape index (κ1) is 16.4. The average molecular weight is 270 g/mol. The van der Waals surface area contributed by atoms with Gasteiger partial charge in [0.05, 0.1) is 6.42 Å². The number of carboxylic acids is 1. The van der Waals surface area contributed by atoms with Crippen LogP contribution in [0.4, 0.5) is 0 Å². The molecule has 4 nitrogen and oxygen atoms in total. The van der Waals surface area contributed by atoms with Crippen molar-refractivity contribution in [1.82, 2.24) is 9.80 Å². The molecule has 0 aromatic rings. The van der Waals surface area contributed by atoms with Gasteiger partial charge in [0.1, 0.15) is 0 Å². The molecular weight excluding hydrogens is 240 g/mol. The van der Waals surface area contributed by atoms with Gasteiger partial charge in [-0.15, -0.1) is 0 Å². The molecule has 1 saturated heterocycles. The fourth-order valence-electron chi connectivity index (χ4n) is 3.50. The summed E-state index contributed by atoms with van der Waals surface area (Å²) in [4.78, 5) is 16.1. The number of hydrogen-bond acceptors (Lipinski definition) is 3. The van der Waals surface area contributed by atoms with Crippen molar-refractivity contribution in [3.8, 4) is 0 Å². The van der Waals surface area contributed by atoms with E-state index in [0.29, 0.717) is 6.04 Å². The first-order valence-electron chi connectivity index (χ1n) is 7.66. The highest BCUT2D eigenvalue weighted by atomic mass is 16.4. The van der Waals surface area contributed by atoms with Gasteiger partial charge < -0.3 is 10.0 Å². The second-order valence-electron chi connectivity index (χ2n) is 5.95. The van der Waals surface area contributed by atoms with Crippen LogP contribution >= 0.6 is 0 Å². The lowest BCUT2D eigenvalue weighted by Crippen LogP contribution is -2.50. The third-order valence-corrected chi connectivity index (χ3v) is 4.60. The number of aliphatic carboxylic acids is 1. The SMILES string of the molecule is CCN(CC)C1(CC(=O)O)CCCN(C(C)C)CC1. The van der Waals surface area contributed by atoms with Crippen LogP contribution in [0.1, 0.15) is 53.4 Å². The van der Waals surface area contributed by atoms with Crippen LogP contribution in [0, 0.1) is 0 Å². The van der Waals surface area contributed by atoms with E-state index in [1.54, 1.807) is 0 Å². The van der Waals surface area contributed by atoms with E-state index in [4.69, 9.17) is 0 Å². The molecule has 4 heteroatoms. The van der Waals surface area contributed by atoms with Crippen molar-refractivity contribution in [3.05, 3.63) is 0 Å². The van der Waals surface area contributed by atoms with Crippen molar-refractivity contribution in [3.63, 3.8) is 0 Å². The highest BCUT2D eigenvalue weighted by molar-refractivity contribution is 5.68. The predicted octanol–water partition coefficient (Wildman–Crippen LogP) is 2.44. The van der Waals surface area contributed by atoms with Gasteiger partial charge in [0.25, 0.3) is 0 Å². The maximum atomic E-state index is 11.3. The average Bonchev–Trinajstić information content (AvgIpc) is 2.53. The van der Waals surface area contributed by atoms with E-state index in [1.165, 1.54) is 0 Å². The van der Waals surface area contributed by atoms with Crippen molar-refractivity contribution < 1.29 is 9.90 Å². The number of hydrogen-bond donors (Lipinski definition) is 1. The summed E-state index contributed by atoms with van der Waals surface area (Å²) in [6.45, 7) is 12.7. The Balaban J connectivity index is 2.88. The van der Waals surface area contributed by atoms with Crippen LogP contribution in [-0.4, -0.2) is 58.6 Å². The van der Waals surface area contributed by atoms with Gasteiger partial charge in [-0.3, -0.25) is 9.69 Å². The van der Waals surface area contributed by atoms with E-state index in [2.05, 4.69) is 37.5 Å². The maximum Gasteiger partial charge on any atom is 0.305 e. The molecular formula is C15H30N2O2. The Morgan fingerprint density at radius 1 is 1.26 bits per heavy atom. The van der Waals surface area contributed by atoms with Gasteiger partial charge in [0.2, 0.25) is 0 Å². The Bertz CT molecular complexity index is 290. The van der Waals surface area contributed by atoms with Crippen molar-refractivity contribution in [2.24, 2.45) is 0 Å². The second-order valence-corrected chi connectivity index (χ2v) is 5.95. The van der Waals surface area contributed by atoms with E-state index >= 15 is 0 Å². The fraction of sp³-hybridized carbons (Fsp3) is 0.933. The molecule has 1 fully saturated rings. The summed E-state index contributed by atoms with van der Waals surface area (Å²) < 4.78 is 0. The fourth-order valence-corrected chi connectivity index (χ4v) is 3.50. The molecule has 112 valence electrons. The summed E-state index contributed by atoms with van der Waals surface area (Å²) in [5, 5.41) is 9.30. The molecule has 0 aliphatic carbocycles. The van der Waals surface area contributed by atoms with Crippen molar-refractivity contribution in [2.45, 2.75) is 65.0 Å². The third kappa shape index (κ3) is 4.18. The monoisotopic (exact) mass is 270 g/mol. The Hall–Kier alpha value is -0.610. The summed E-state index contributed by atoms with van der Waals surface area (Å²) in [7, 11) is 0. The zero-order valence-electron chi connectivity index (χ0n) is 13.0. The van der Waals surface area contributed by atoms with Crippen LogP contribution in [0.15, 0.2) is 0 Å². The topological polar surface area (TPSA) is 43.8 Å². The lowest BCUT2D eigenvalue weighted by Gasteiger charge is -2.42. The largest absolute Gasteiger partial charge is 0.481 e. The van der Waals surface area contributed by atoms with Crippen molar-refractivity contribution in [2.75, 3.05) is 26.2 Å². The zero-order chi connectivity index (χ0) is 14.5. The van der Waals surface area contributed by atoms with E-state index in [0.717, 1.165) is 45.4 Å². The highest BCUT2D eigenvalue weighted by Crippen LogP contribution is 2.32. The summed E-state index contributed by atoms with van der Waals surface area (Å²) in [5.74, 6) is -0.662. The third-order valence-electron chi connectivity index (χ3n) is 4.60. The van der Waals surface area contributed by atoms with Crippen LogP contribution in [0.25, 0.3) is 0 Å². The molecule has 1 N–H and O–H groups in total. The minimum Gasteiger partial charge on any atom is -0.481 e. The van der Waals surface area contributed by atoms with Gasteiger partial charge in [-0.1, -0.05) is 13.8 Å². The zero-order valence-corrected chi connectivity index (χ0v) is 13.0. The first-order valence-corrected chi connectivity index (χ1v) is 7.66. The standard InChI is InChI=1S/C15H30N2O2/c1-5-17(6-2)15(12-14(18)19)8-7-10-16(11-9-15)13(3)4/h13H,5-12H2,1-4H3,(H,18,19). The molecule has 0 aromatic heterocycles. The molecule has 1 heterocycles. The Morgan fingerprint density at radius 3 is 2.37 bits per heavy atom. The predicted molar refractivity (Wildman–Crippen MR) is 78.5 cm³/mol. The Kier molecular flexibility index (Phi) is 6.27. The molecule has 0 radical (unpaired) electrons. The summed E-state index contributed by atoms with van der Waals surface area (Å²) in [6.07, 6.45) is 3.35. The number of carboxylic acid groups (broad SMARTS) is 1. The van der Waals surface area contributed by atoms with E-state index in [1.807, 2.05) is 0 Å². The summed E-state index contributed by atoms with van der Waals surface area (Å²) in [5.41, 5.74) is -0.140. The smallest absolute Gasteiger partial charge is 0.305 e.